The molecular formula is C16H18O8. The molecule has 0 saturated carbocycles. The molecule has 0 amide bonds. The van der Waals surface area contributed by atoms with Gasteiger partial charge in [-0.2, -0.15) is 0 Å². The van der Waals surface area contributed by atoms with Crippen molar-refractivity contribution in [3.63, 3.8) is 0 Å². The van der Waals surface area contributed by atoms with Crippen LogP contribution in [0.1, 0.15) is 0 Å². The van der Waals surface area contributed by atoms with Crippen LogP contribution in [0.25, 0.3) is 0 Å². The smallest absolute Gasteiger partial charge is 0.330 e. The van der Waals surface area contributed by atoms with Crippen molar-refractivity contribution < 1.29 is 38.1 Å². The van der Waals surface area contributed by atoms with Crippen LogP contribution in [0.3, 0.4) is 0 Å². The number of esters is 4. The van der Waals surface area contributed by atoms with E-state index in [1.807, 2.05) is 0 Å². The highest BCUT2D eigenvalue weighted by atomic mass is 16.6. The van der Waals surface area contributed by atoms with Gasteiger partial charge >= 0.3 is 23.9 Å². The van der Waals surface area contributed by atoms with Crippen molar-refractivity contribution in [3.05, 3.63) is 50.6 Å². The third kappa shape index (κ3) is 8.32. The van der Waals surface area contributed by atoms with Crippen LogP contribution in [0.2, 0.25) is 0 Å². The summed E-state index contributed by atoms with van der Waals surface area (Å²) in [5, 5.41) is 0. The molecule has 0 N–H and O–H groups in total. The van der Waals surface area contributed by atoms with Crippen molar-refractivity contribution in [1.29, 1.82) is 0 Å². The Labute approximate surface area is 139 Å². The van der Waals surface area contributed by atoms with Crippen LogP contribution in [0.5, 0.6) is 0 Å². The van der Waals surface area contributed by atoms with Crippen LogP contribution >= 0.6 is 0 Å². The minimum absolute atomic E-state index is 0.467. The Kier molecular flexibility index (Phi) is 9.91. The van der Waals surface area contributed by atoms with E-state index in [9.17, 15) is 19.2 Å². The Balaban J connectivity index is 5.22. The Morgan fingerprint density at radius 1 is 0.625 bits per heavy atom. The van der Waals surface area contributed by atoms with Gasteiger partial charge in [0.05, 0.1) is 0 Å². The van der Waals surface area contributed by atoms with Gasteiger partial charge in [0, 0.05) is 24.3 Å². The third-order valence-corrected chi connectivity index (χ3v) is 2.40. The van der Waals surface area contributed by atoms with Crippen molar-refractivity contribution in [2.75, 3.05) is 13.2 Å². The second-order valence-corrected chi connectivity index (χ2v) is 4.03. The molecule has 0 aromatic carbocycles. The number of rotatable bonds is 11. The summed E-state index contributed by atoms with van der Waals surface area (Å²) in [5.74, 6) is -3.29. The molecular weight excluding hydrogens is 320 g/mol. The molecule has 2 atom stereocenters. The highest BCUT2D eigenvalue weighted by Crippen LogP contribution is 2.09. The van der Waals surface area contributed by atoms with Crippen molar-refractivity contribution in [1.82, 2.24) is 0 Å². The van der Waals surface area contributed by atoms with Crippen molar-refractivity contribution in [2.45, 2.75) is 12.2 Å². The molecule has 0 bridgehead atoms. The maximum atomic E-state index is 11.4. The maximum absolute atomic E-state index is 11.4. The quantitative estimate of drug-likeness (QED) is 0.307. The summed E-state index contributed by atoms with van der Waals surface area (Å²) >= 11 is 0. The predicted octanol–water partition coefficient (Wildman–Crippen LogP) is 0.640. The number of carbonyl (C=O) groups excluding carboxylic acids is 4. The topological polar surface area (TPSA) is 105 Å². The first-order valence-electron chi connectivity index (χ1n) is 6.62. The van der Waals surface area contributed by atoms with E-state index in [1.165, 1.54) is 0 Å². The summed E-state index contributed by atoms with van der Waals surface area (Å²) in [4.78, 5) is 45.1. The first kappa shape index (κ1) is 20.8. The Morgan fingerprint density at radius 2 is 0.917 bits per heavy atom. The second-order valence-electron chi connectivity index (χ2n) is 4.03. The predicted molar refractivity (Wildman–Crippen MR) is 82.5 cm³/mol. The zero-order valence-electron chi connectivity index (χ0n) is 13.0. The van der Waals surface area contributed by atoms with E-state index in [0.717, 1.165) is 24.3 Å². The molecule has 0 aliphatic heterocycles. The van der Waals surface area contributed by atoms with Crippen molar-refractivity contribution >= 4 is 23.9 Å². The summed E-state index contributed by atoms with van der Waals surface area (Å²) in [6.07, 6.45) is 1.03. The van der Waals surface area contributed by atoms with Gasteiger partial charge in [-0.3, -0.25) is 0 Å². The molecule has 0 aromatic heterocycles. The molecule has 0 saturated heterocycles. The van der Waals surface area contributed by atoms with Crippen LogP contribution in [0.15, 0.2) is 50.6 Å². The molecule has 0 aromatic rings. The standard InChI is InChI=1S/C16H18O8/c1-5-13(17)21-9-11(23-15(19)7-3)12(24-16(20)8-4)10-22-14(18)6-2/h5-8,11-12H,1-4,9-10H2. The average Bonchev–Trinajstić information content (AvgIpc) is 2.60. The first-order valence-corrected chi connectivity index (χ1v) is 6.62. The Morgan fingerprint density at radius 3 is 1.17 bits per heavy atom. The number of ether oxygens (including phenoxy) is 4. The lowest BCUT2D eigenvalue weighted by Crippen LogP contribution is -2.42. The van der Waals surface area contributed by atoms with Gasteiger partial charge in [0.15, 0.2) is 12.2 Å². The Bertz CT molecular complexity index is 486. The Hall–Kier alpha value is -3.16. The van der Waals surface area contributed by atoms with Gasteiger partial charge in [-0.15, -0.1) is 0 Å². The summed E-state index contributed by atoms with van der Waals surface area (Å²) in [6, 6.07) is 0. The first-order chi connectivity index (χ1) is 11.4. The van der Waals surface area contributed by atoms with E-state index in [0.29, 0.717) is 0 Å². The molecule has 0 rings (SSSR count). The van der Waals surface area contributed by atoms with E-state index in [1.54, 1.807) is 0 Å². The zero-order chi connectivity index (χ0) is 18.5. The van der Waals surface area contributed by atoms with Crippen LogP contribution in [0, 0.1) is 0 Å². The molecule has 0 aliphatic carbocycles. The minimum atomic E-state index is -1.25. The van der Waals surface area contributed by atoms with Crippen LogP contribution in [-0.4, -0.2) is 49.3 Å². The van der Waals surface area contributed by atoms with Crippen LogP contribution in [0.4, 0.5) is 0 Å². The van der Waals surface area contributed by atoms with E-state index in [-0.39, 0.29) is 0 Å². The van der Waals surface area contributed by atoms with E-state index >= 15 is 0 Å². The largest absolute Gasteiger partial charge is 0.458 e. The molecule has 0 spiro atoms. The highest BCUT2D eigenvalue weighted by molar-refractivity contribution is 5.83. The van der Waals surface area contributed by atoms with Crippen molar-refractivity contribution in [2.24, 2.45) is 0 Å². The number of carbonyl (C=O) groups is 4. The zero-order valence-corrected chi connectivity index (χ0v) is 13.0. The summed E-state index contributed by atoms with van der Waals surface area (Å²) in [5.41, 5.74) is 0. The SMILES string of the molecule is C=CC(=O)OCC(OC(=O)C=C)C(COC(=O)C=C)OC(=O)C=C. The van der Waals surface area contributed by atoms with Gasteiger partial charge in [0.2, 0.25) is 0 Å². The molecule has 8 heteroatoms. The summed E-state index contributed by atoms with van der Waals surface area (Å²) < 4.78 is 19.5. The fourth-order valence-electron chi connectivity index (χ4n) is 1.28. The molecule has 0 radical (unpaired) electrons. The van der Waals surface area contributed by atoms with Gasteiger partial charge in [-0.1, -0.05) is 26.3 Å². The number of hydrogen-bond acceptors (Lipinski definition) is 8. The van der Waals surface area contributed by atoms with Crippen LogP contribution < -0.4 is 0 Å². The molecule has 0 heterocycles. The molecule has 2 unspecified atom stereocenters. The van der Waals surface area contributed by atoms with Gasteiger partial charge in [-0.05, 0) is 0 Å². The van der Waals surface area contributed by atoms with Gasteiger partial charge < -0.3 is 18.9 Å². The maximum Gasteiger partial charge on any atom is 0.330 e. The molecule has 130 valence electrons. The second kappa shape index (κ2) is 11.4. The normalized spacial score (nSPS) is 11.8. The minimum Gasteiger partial charge on any atom is -0.458 e. The van der Waals surface area contributed by atoms with Gasteiger partial charge in [-0.25, -0.2) is 19.2 Å². The van der Waals surface area contributed by atoms with Gasteiger partial charge in [0.25, 0.3) is 0 Å². The molecule has 24 heavy (non-hydrogen) atoms. The number of hydrogen-bond donors (Lipinski definition) is 0. The monoisotopic (exact) mass is 338 g/mol. The van der Waals surface area contributed by atoms with E-state index in [2.05, 4.69) is 26.3 Å². The fourth-order valence-corrected chi connectivity index (χ4v) is 1.28. The lowest BCUT2D eigenvalue weighted by atomic mass is 10.2. The molecule has 0 fully saturated rings. The highest BCUT2D eigenvalue weighted by Gasteiger charge is 2.30. The van der Waals surface area contributed by atoms with Crippen LogP contribution in [-0.2, 0) is 38.1 Å². The summed E-state index contributed by atoms with van der Waals surface area (Å²) in [6.45, 7) is 12.0. The van der Waals surface area contributed by atoms with Gasteiger partial charge in [0.1, 0.15) is 13.2 Å². The molecule has 0 aliphatic rings. The fraction of sp³-hybridized carbons (Fsp3) is 0.250. The lowest BCUT2D eigenvalue weighted by Gasteiger charge is -2.25. The third-order valence-electron chi connectivity index (χ3n) is 2.40. The van der Waals surface area contributed by atoms with Crippen molar-refractivity contribution in [3.8, 4) is 0 Å². The summed E-state index contributed by atoms with van der Waals surface area (Å²) in [7, 11) is 0. The van der Waals surface area contributed by atoms with E-state index < -0.39 is 49.3 Å². The average molecular weight is 338 g/mol. The van der Waals surface area contributed by atoms with E-state index in [4.69, 9.17) is 18.9 Å². The lowest BCUT2D eigenvalue weighted by molar-refractivity contribution is -0.175. The molecule has 8 nitrogen and oxygen atoms in total.